The van der Waals surface area contributed by atoms with Crippen LogP contribution in [0.25, 0.3) is 11.1 Å². The van der Waals surface area contributed by atoms with Crippen molar-refractivity contribution in [2.75, 3.05) is 0 Å². The highest BCUT2D eigenvalue weighted by Crippen LogP contribution is 2.40. The third kappa shape index (κ3) is 3.64. The average Bonchev–Trinajstić information content (AvgIpc) is 3.13. The van der Waals surface area contributed by atoms with Gasteiger partial charge in [-0.3, -0.25) is 0 Å². The molecule has 1 unspecified atom stereocenters. The summed E-state index contributed by atoms with van der Waals surface area (Å²) in [5, 5.41) is 0. The van der Waals surface area contributed by atoms with Crippen LogP contribution in [0.15, 0.2) is 42.5 Å². The van der Waals surface area contributed by atoms with Crippen LogP contribution in [0, 0.1) is 0 Å². The van der Waals surface area contributed by atoms with Gasteiger partial charge in [-0.1, -0.05) is 77.1 Å². The number of aromatic nitrogens is 3. The van der Waals surface area contributed by atoms with Gasteiger partial charge in [0.05, 0.1) is 0 Å². The molecule has 0 bridgehead atoms. The second-order valence-corrected chi connectivity index (χ2v) is 6.66. The van der Waals surface area contributed by atoms with Crippen molar-refractivity contribution in [3.05, 3.63) is 76.6 Å². The molecule has 1 heterocycles. The van der Waals surface area contributed by atoms with E-state index in [0.29, 0.717) is 0 Å². The molecule has 0 spiro atoms. The van der Waals surface area contributed by atoms with Gasteiger partial charge in [-0.05, 0) is 34.2 Å². The van der Waals surface area contributed by atoms with Crippen molar-refractivity contribution in [1.29, 1.82) is 0 Å². The highest BCUT2D eigenvalue weighted by Gasteiger charge is 2.24. The number of rotatable bonds is 4. The van der Waals surface area contributed by atoms with E-state index in [1.54, 1.807) is 0 Å². The summed E-state index contributed by atoms with van der Waals surface area (Å²) in [7, 11) is 0. The number of nitrogens with zero attached hydrogens (tertiary/aromatic N) is 3. The van der Waals surface area contributed by atoms with Crippen LogP contribution in [0.4, 0.5) is 0 Å². The Morgan fingerprint density at radius 2 is 1.44 bits per heavy atom. The van der Waals surface area contributed by atoms with Gasteiger partial charge in [-0.25, -0.2) is 15.0 Å². The van der Waals surface area contributed by atoms with Gasteiger partial charge in [0, 0.05) is 18.8 Å². The standard InChI is InChI=1S/C22H23N3.C2H6/c1-4-20-23-21(5-2)25-22(24-20)14(3)16-11-8-12-18-17-10-7-6-9-15(17)13-19(16)18;1-2/h6-12,14H,4-5,13H2,1-3H3;1-2H3. The van der Waals surface area contributed by atoms with Gasteiger partial charge in [0.15, 0.2) is 0 Å². The molecule has 4 rings (SSSR count). The Balaban J connectivity index is 0.00000102. The Morgan fingerprint density at radius 3 is 2.11 bits per heavy atom. The van der Waals surface area contributed by atoms with Gasteiger partial charge in [0.2, 0.25) is 0 Å². The second kappa shape index (κ2) is 8.43. The lowest BCUT2D eigenvalue weighted by molar-refractivity contribution is 0.725. The Kier molecular flexibility index (Phi) is 6.00. The van der Waals surface area contributed by atoms with Crippen molar-refractivity contribution >= 4 is 0 Å². The molecule has 3 nitrogen and oxygen atoms in total. The van der Waals surface area contributed by atoms with Crippen LogP contribution in [0.1, 0.15) is 74.7 Å². The summed E-state index contributed by atoms with van der Waals surface area (Å²) >= 11 is 0. The molecule has 0 aliphatic heterocycles. The van der Waals surface area contributed by atoms with Crippen LogP contribution in [0.3, 0.4) is 0 Å². The largest absolute Gasteiger partial charge is 0.218 e. The maximum atomic E-state index is 4.73. The average molecular weight is 360 g/mol. The second-order valence-electron chi connectivity index (χ2n) is 6.66. The molecule has 0 radical (unpaired) electrons. The lowest BCUT2D eigenvalue weighted by Crippen LogP contribution is -2.11. The molecule has 1 atom stereocenters. The van der Waals surface area contributed by atoms with Crippen molar-refractivity contribution in [1.82, 2.24) is 15.0 Å². The molecule has 0 saturated heterocycles. The molecule has 0 saturated carbocycles. The zero-order valence-corrected chi connectivity index (χ0v) is 17.1. The van der Waals surface area contributed by atoms with E-state index >= 15 is 0 Å². The van der Waals surface area contributed by atoms with Crippen molar-refractivity contribution in [2.24, 2.45) is 0 Å². The fourth-order valence-electron chi connectivity index (χ4n) is 3.73. The molecule has 3 heteroatoms. The van der Waals surface area contributed by atoms with E-state index in [1.807, 2.05) is 13.8 Å². The normalized spacial score (nSPS) is 12.6. The zero-order valence-electron chi connectivity index (χ0n) is 17.1. The van der Waals surface area contributed by atoms with E-state index in [4.69, 9.17) is 9.97 Å². The molecule has 0 fully saturated rings. The topological polar surface area (TPSA) is 38.7 Å². The Hall–Kier alpha value is -2.55. The summed E-state index contributed by atoms with van der Waals surface area (Å²) in [6.45, 7) is 10.4. The van der Waals surface area contributed by atoms with Gasteiger partial charge >= 0.3 is 0 Å². The minimum Gasteiger partial charge on any atom is -0.218 e. The summed E-state index contributed by atoms with van der Waals surface area (Å²) in [4.78, 5) is 14.0. The minimum absolute atomic E-state index is 0.169. The van der Waals surface area contributed by atoms with E-state index in [9.17, 15) is 0 Å². The molecule has 1 aromatic heterocycles. The smallest absolute Gasteiger partial charge is 0.139 e. The van der Waals surface area contributed by atoms with Crippen molar-refractivity contribution < 1.29 is 0 Å². The lowest BCUT2D eigenvalue weighted by Gasteiger charge is -2.16. The summed E-state index contributed by atoms with van der Waals surface area (Å²) in [6, 6.07) is 15.3. The SMILES string of the molecule is CC.CCc1nc(CC)nc(C(C)c2cccc3c2Cc2ccccc2-3)n1. The first-order valence-electron chi connectivity index (χ1n) is 10.1. The van der Waals surface area contributed by atoms with Crippen molar-refractivity contribution in [2.45, 2.75) is 59.8 Å². The molecule has 27 heavy (non-hydrogen) atoms. The van der Waals surface area contributed by atoms with Crippen LogP contribution in [-0.4, -0.2) is 15.0 Å². The molecular weight excluding hydrogens is 330 g/mol. The summed E-state index contributed by atoms with van der Waals surface area (Å²) in [5.41, 5.74) is 6.90. The van der Waals surface area contributed by atoms with Gasteiger partial charge < -0.3 is 0 Å². The van der Waals surface area contributed by atoms with Gasteiger partial charge in [0.1, 0.15) is 17.5 Å². The quantitative estimate of drug-likeness (QED) is 0.466. The molecule has 140 valence electrons. The van der Waals surface area contributed by atoms with Gasteiger partial charge in [0.25, 0.3) is 0 Å². The van der Waals surface area contributed by atoms with Crippen LogP contribution < -0.4 is 0 Å². The number of aryl methyl sites for hydroxylation is 2. The molecular formula is C24H29N3. The Morgan fingerprint density at radius 1 is 0.815 bits per heavy atom. The van der Waals surface area contributed by atoms with E-state index in [2.05, 4.69) is 68.2 Å². The first-order valence-corrected chi connectivity index (χ1v) is 10.1. The van der Waals surface area contributed by atoms with Crippen LogP contribution in [0.2, 0.25) is 0 Å². The molecule has 2 aromatic carbocycles. The number of benzene rings is 2. The fraction of sp³-hybridized carbons (Fsp3) is 0.375. The third-order valence-electron chi connectivity index (χ3n) is 5.12. The van der Waals surface area contributed by atoms with Gasteiger partial charge in [-0.2, -0.15) is 0 Å². The third-order valence-corrected chi connectivity index (χ3v) is 5.12. The fourth-order valence-corrected chi connectivity index (χ4v) is 3.73. The highest BCUT2D eigenvalue weighted by molar-refractivity contribution is 5.78. The summed E-state index contributed by atoms with van der Waals surface area (Å²) < 4.78 is 0. The molecule has 0 amide bonds. The van der Waals surface area contributed by atoms with E-state index in [1.165, 1.54) is 27.8 Å². The van der Waals surface area contributed by atoms with Crippen molar-refractivity contribution in [3.8, 4) is 11.1 Å². The number of fused-ring (bicyclic) bond motifs is 3. The predicted octanol–water partition coefficient (Wildman–Crippen LogP) is 5.75. The monoisotopic (exact) mass is 359 g/mol. The molecule has 1 aliphatic carbocycles. The first kappa shape index (κ1) is 19.2. The predicted molar refractivity (Wildman–Crippen MR) is 112 cm³/mol. The summed E-state index contributed by atoms with van der Waals surface area (Å²) in [5.74, 6) is 2.85. The van der Waals surface area contributed by atoms with Crippen molar-refractivity contribution in [3.63, 3.8) is 0 Å². The Labute approximate surface area is 162 Å². The van der Waals surface area contributed by atoms with E-state index in [-0.39, 0.29) is 5.92 Å². The maximum Gasteiger partial charge on any atom is 0.139 e. The van der Waals surface area contributed by atoms with Crippen LogP contribution >= 0.6 is 0 Å². The van der Waals surface area contributed by atoms with E-state index in [0.717, 1.165) is 36.7 Å². The molecule has 1 aliphatic rings. The first-order chi connectivity index (χ1) is 13.2. The molecule has 3 aromatic rings. The summed E-state index contributed by atoms with van der Waals surface area (Å²) in [6.07, 6.45) is 2.68. The molecule has 0 N–H and O–H groups in total. The number of hydrogen-bond acceptors (Lipinski definition) is 3. The van der Waals surface area contributed by atoms with Crippen LogP contribution in [-0.2, 0) is 19.3 Å². The Bertz CT molecular complexity index is 908. The number of hydrogen-bond donors (Lipinski definition) is 0. The maximum absolute atomic E-state index is 4.73. The minimum atomic E-state index is 0.169. The lowest BCUT2D eigenvalue weighted by atomic mass is 9.92. The van der Waals surface area contributed by atoms with Gasteiger partial charge in [-0.15, -0.1) is 0 Å². The zero-order chi connectivity index (χ0) is 19.4. The highest BCUT2D eigenvalue weighted by atomic mass is 15.0. The van der Waals surface area contributed by atoms with Crippen LogP contribution in [0.5, 0.6) is 0 Å². The van der Waals surface area contributed by atoms with E-state index < -0.39 is 0 Å².